The predicted octanol–water partition coefficient (Wildman–Crippen LogP) is 6.60. The third kappa shape index (κ3) is 10.6. The first-order valence-electron chi connectivity index (χ1n) is 22.3. The fourth-order valence-electron chi connectivity index (χ4n) is 9.64. The number of hydrogen-bond donors (Lipinski definition) is 1. The van der Waals surface area contributed by atoms with Crippen LogP contribution in [0.2, 0.25) is 0 Å². The smallest absolute Gasteiger partial charge is 0.408 e. The average molecular weight is 900 g/mol. The Morgan fingerprint density at radius 2 is 1.66 bits per heavy atom. The zero-order valence-corrected chi connectivity index (χ0v) is 38.9. The van der Waals surface area contributed by atoms with E-state index < -0.39 is 101 Å². The summed E-state index contributed by atoms with van der Waals surface area (Å²) >= 11 is 0. The summed E-state index contributed by atoms with van der Waals surface area (Å²) in [4.78, 5) is 76.3. The molecule has 0 radical (unpaired) electrons. The van der Waals surface area contributed by atoms with E-state index in [0.29, 0.717) is 12.8 Å². The van der Waals surface area contributed by atoms with Crippen molar-refractivity contribution in [1.82, 2.24) is 15.2 Å². The van der Waals surface area contributed by atoms with Gasteiger partial charge in [-0.25, -0.2) is 18.8 Å². The summed E-state index contributed by atoms with van der Waals surface area (Å²) in [7, 11) is 3.66. The molecule has 6 rings (SSSR count). The summed E-state index contributed by atoms with van der Waals surface area (Å²) in [6, 6.07) is 16.7. The van der Waals surface area contributed by atoms with Crippen LogP contribution in [0.25, 0.3) is 10.9 Å². The molecule has 2 aromatic carbocycles. The van der Waals surface area contributed by atoms with Crippen molar-refractivity contribution >= 4 is 40.5 Å². The van der Waals surface area contributed by atoms with Gasteiger partial charge in [0.25, 0.3) is 5.67 Å². The largest absolute Gasteiger partial charge is 0.455 e. The van der Waals surface area contributed by atoms with Crippen LogP contribution in [0.15, 0.2) is 66.9 Å². The number of alkyl carbamates (subject to hydrolysis) is 1. The minimum absolute atomic E-state index is 0.0629. The minimum Gasteiger partial charge on any atom is -0.455 e. The average Bonchev–Trinajstić information content (AvgIpc) is 3.60. The lowest BCUT2D eigenvalue weighted by Crippen LogP contribution is -2.62. The number of para-hydroxylation sites is 1. The molecular formula is C50H62FN3O11. The van der Waals surface area contributed by atoms with Crippen LogP contribution in [-0.4, -0.2) is 120 Å². The summed E-state index contributed by atoms with van der Waals surface area (Å²) in [5.41, 5.74) is -4.50. The molecule has 1 amide bonds. The predicted molar refractivity (Wildman–Crippen MR) is 238 cm³/mol. The first kappa shape index (κ1) is 49.2. The third-order valence-corrected chi connectivity index (χ3v) is 13.2. The van der Waals surface area contributed by atoms with Gasteiger partial charge < -0.3 is 38.6 Å². The SMILES string of the molecule is CC[C@H]1OC(=O)[C@@](C)(F)C(=O)[C@H](C)[C@@H](O[C@@H]2O[C@H](C)C[C@H](N(C)C)[C@H]2OC(=O)c2ccccc2)[C@](C)(OCC#CCc2cnc3ccccc3c2)C[C@@H](C)C(=O)[C@H](C)[C@H]2NC(=O)O[C@@]21C. The molecule has 0 spiro atoms. The monoisotopic (exact) mass is 899 g/mol. The summed E-state index contributed by atoms with van der Waals surface area (Å²) < 4.78 is 54.9. The van der Waals surface area contributed by atoms with E-state index in [-0.39, 0.29) is 30.8 Å². The molecule has 3 aliphatic heterocycles. The van der Waals surface area contributed by atoms with Crippen LogP contribution in [0.1, 0.15) is 90.6 Å². The first-order chi connectivity index (χ1) is 30.7. The standard InChI is InChI=1S/C50H62FN3O11/c1-11-38-50(8)41(53-47(59)65-50)31(4)39(55)29(2)27-48(6,60-24-18-17-19-33-26-35-22-15-16-23-36(35)52-28-33)43(32(5)42(56)49(7,51)46(58)62-38)64-45-40(37(54(9)10)25-30(3)61-45)63-44(57)34-20-13-12-14-21-34/h12-16,20-23,26,28-32,37-38,40-41,43,45H,11,19,24-25,27H2,1-10H3,(H,53,59)/t29-,30-,31+,32+,37+,38-,40-,41-,43-,45+,48-,49+,50-/m1/s1. The van der Waals surface area contributed by atoms with Crippen LogP contribution >= 0.6 is 0 Å². The molecule has 3 fully saturated rings. The van der Waals surface area contributed by atoms with Gasteiger partial charge in [-0.3, -0.25) is 14.6 Å². The number of nitrogens with zero attached hydrogens (tertiary/aromatic N) is 2. The van der Waals surface area contributed by atoms with Crippen molar-refractivity contribution in [3.63, 3.8) is 0 Å². The molecule has 4 heterocycles. The summed E-state index contributed by atoms with van der Waals surface area (Å²) in [5, 5.41) is 3.68. The zero-order valence-electron chi connectivity index (χ0n) is 38.9. The number of carbonyl (C=O) groups is 5. The Bertz CT molecular complexity index is 2300. The van der Waals surface area contributed by atoms with Gasteiger partial charge in [-0.15, -0.1) is 0 Å². The highest BCUT2D eigenvalue weighted by atomic mass is 19.1. The molecule has 0 saturated carbocycles. The van der Waals surface area contributed by atoms with E-state index in [2.05, 4.69) is 22.1 Å². The molecule has 0 unspecified atom stereocenters. The number of carbonyl (C=O) groups excluding carboxylic acids is 5. The molecule has 3 saturated heterocycles. The summed E-state index contributed by atoms with van der Waals surface area (Å²) in [6.45, 7) is 12.0. The number of Topliss-reactive ketones (excluding diaryl/α,β-unsaturated/α-hetero) is 2. The number of alkyl halides is 1. The van der Waals surface area contributed by atoms with E-state index >= 15 is 4.39 Å². The highest BCUT2D eigenvalue weighted by Crippen LogP contribution is 2.41. The second-order valence-corrected chi connectivity index (χ2v) is 18.5. The second-order valence-electron chi connectivity index (χ2n) is 18.5. The number of ketones is 2. The Morgan fingerprint density at radius 1 is 0.969 bits per heavy atom. The minimum atomic E-state index is -3.26. The number of hydrogen-bond acceptors (Lipinski definition) is 13. The highest BCUT2D eigenvalue weighted by Gasteiger charge is 2.59. The van der Waals surface area contributed by atoms with Crippen molar-refractivity contribution in [1.29, 1.82) is 0 Å². The van der Waals surface area contributed by atoms with Crippen LogP contribution in [0.4, 0.5) is 9.18 Å². The van der Waals surface area contributed by atoms with Crippen molar-refractivity contribution in [2.75, 3.05) is 20.7 Å². The van der Waals surface area contributed by atoms with E-state index in [0.717, 1.165) is 23.4 Å². The molecule has 350 valence electrons. The Morgan fingerprint density at radius 3 is 2.35 bits per heavy atom. The van der Waals surface area contributed by atoms with Crippen LogP contribution < -0.4 is 5.32 Å². The molecule has 65 heavy (non-hydrogen) atoms. The van der Waals surface area contributed by atoms with Gasteiger partial charge in [0.15, 0.2) is 23.8 Å². The molecule has 14 nitrogen and oxygen atoms in total. The van der Waals surface area contributed by atoms with Gasteiger partial charge in [0.1, 0.15) is 18.5 Å². The van der Waals surface area contributed by atoms with Gasteiger partial charge in [-0.2, -0.15) is 0 Å². The number of esters is 2. The number of pyridine rings is 1. The molecular weight excluding hydrogens is 838 g/mol. The van der Waals surface area contributed by atoms with Gasteiger partial charge in [0.05, 0.1) is 41.0 Å². The second kappa shape index (κ2) is 20.1. The Hall–Kier alpha value is -5.27. The number of nitrogens with one attached hydrogen (secondary N) is 1. The van der Waals surface area contributed by atoms with Crippen molar-refractivity contribution in [3.05, 3.63) is 78.0 Å². The molecule has 15 heteroatoms. The van der Waals surface area contributed by atoms with Crippen molar-refractivity contribution in [2.45, 2.75) is 141 Å². The number of halogens is 1. The lowest BCUT2D eigenvalue weighted by atomic mass is 9.73. The van der Waals surface area contributed by atoms with Crippen molar-refractivity contribution in [3.8, 4) is 11.8 Å². The van der Waals surface area contributed by atoms with Crippen LogP contribution in [0.3, 0.4) is 0 Å². The van der Waals surface area contributed by atoms with Crippen molar-refractivity contribution < 1.29 is 56.8 Å². The normalized spacial score (nSPS) is 34.6. The van der Waals surface area contributed by atoms with Crippen molar-refractivity contribution in [2.24, 2.45) is 17.8 Å². The topological polar surface area (TPSA) is 169 Å². The Labute approximate surface area is 380 Å². The number of fused-ring (bicyclic) bond motifs is 2. The quantitative estimate of drug-likeness (QED) is 0.106. The highest BCUT2D eigenvalue weighted by molar-refractivity contribution is 6.08. The number of amides is 1. The summed E-state index contributed by atoms with van der Waals surface area (Å²) in [5.74, 6) is -0.696. The van der Waals surface area contributed by atoms with E-state index in [1.807, 2.05) is 56.3 Å². The maximum Gasteiger partial charge on any atom is 0.408 e. The third-order valence-electron chi connectivity index (χ3n) is 13.2. The molecule has 0 bridgehead atoms. The maximum absolute atomic E-state index is 17.2. The first-order valence-corrected chi connectivity index (χ1v) is 22.3. The van der Waals surface area contributed by atoms with E-state index in [9.17, 15) is 24.0 Å². The number of ether oxygens (including phenoxy) is 6. The van der Waals surface area contributed by atoms with Gasteiger partial charge >= 0.3 is 18.0 Å². The number of benzene rings is 2. The molecule has 3 aromatic rings. The molecule has 0 aliphatic carbocycles. The van der Waals surface area contributed by atoms with Gasteiger partial charge in [0, 0.05) is 35.8 Å². The number of aromatic nitrogens is 1. The Kier molecular flexibility index (Phi) is 15.2. The Balaban J connectivity index is 1.43. The number of cyclic esters (lactones) is 1. The number of rotatable bonds is 9. The van der Waals surface area contributed by atoms with E-state index in [4.69, 9.17) is 28.4 Å². The lowest BCUT2D eigenvalue weighted by molar-refractivity contribution is -0.296. The van der Waals surface area contributed by atoms with Crippen LogP contribution in [-0.2, 0) is 49.2 Å². The van der Waals surface area contributed by atoms with Crippen LogP contribution in [0, 0.1) is 29.6 Å². The number of likely N-dealkylation sites (N-methyl/N-ethyl adjacent to an activating group) is 1. The zero-order chi connectivity index (χ0) is 47.4. The van der Waals surface area contributed by atoms with Gasteiger partial charge in [0.2, 0.25) is 0 Å². The van der Waals surface area contributed by atoms with Gasteiger partial charge in [-0.05, 0) is 90.9 Å². The lowest BCUT2D eigenvalue weighted by Gasteiger charge is -2.48. The molecule has 3 aliphatic rings. The maximum atomic E-state index is 17.2. The summed E-state index contributed by atoms with van der Waals surface area (Å²) in [6.07, 6.45) is -3.95. The van der Waals surface area contributed by atoms with E-state index in [1.165, 1.54) is 13.8 Å². The molecule has 1 N–H and O–H groups in total. The molecule has 13 atom stereocenters. The fraction of sp³-hybridized carbons (Fsp3) is 0.560. The van der Waals surface area contributed by atoms with Gasteiger partial charge in [-0.1, -0.05) is 75.9 Å². The van der Waals surface area contributed by atoms with Crippen LogP contribution in [0.5, 0.6) is 0 Å². The fourth-order valence-corrected chi connectivity index (χ4v) is 9.64. The van der Waals surface area contributed by atoms with E-state index in [1.54, 1.807) is 64.2 Å². The molecule has 1 aromatic heterocycles.